The van der Waals surface area contributed by atoms with Crippen molar-refractivity contribution < 1.29 is 13.2 Å². The van der Waals surface area contributed by atoms with Crippen molar-refractivity contribution in [2.75, 3.05) is 25.5 Å². The van der Waals surface area contributed by atoms with E-state index in [0.717, 1.165) is 24.9 Å². The fraction of sp³-hybridized carbons (Fsp3) is 0.350. The van der Waals surface area contributed by atoms with Crippen molar-refractivity contribution in [1.29, 1.82) is 0 Å². The van der Waals surface area contributed by atoms with E-state index < -0.39 is 10.0 Å². The quantitative estimate of drug-likeness (QED) is 0.572. The predicted octanol–water partition coefficient (Wildman–Crippen LogP) is 2.80. The van der Waals surface area contributed by atoms with Crippen molar-refractivity contribution in [3.8, 4) is 5.75 Å². The summed E-state index contributed by atoms with van der Waals surface area (Å²) in [5.41, 5.74) is 7.36. The van der Waals surface area contributed by atoms with Crippen LogP contribution in [0.2, 0.25) is 0 Å². The molecule has 1 saturated heterocycles. The van der Waals surface area contributed by atoms with Crippen LogP contribution in [0.3, 0.4) is 0 Å². The summed E-state index contributed by atoms with van der Waals surface area (Å²) < 4.78 is 32.8. The molecule has 2 aromatic carbocycles. The van der Waals surface area contributed by atoms with E-state index in [1.807, 2.05) is 24.3 Å². The summed E-state index contributed by atoms with van der Waals surface area (Å²) >= 11 is 0. The molecule has 3 N–H and O–H groups in total. The van der Waals surface area contributed by atoms with E-state index >= 15 is 0 Å². The number of methoxy groups -OCH3 is 1. The number of piperidine rings is 1. The number of hydrogen-bond donors (Lipinski definition) is 2. The zero-order valence-electron chi connectivity index (χ0n) is 16.0. The molecule has 2 aromatic rings. The molecular weight excluding hydrogens is 376 g/mol. The number of sulfonamides is 1. The third-order valence-corrected chi connectivity index (χ3v) is 6.67. The molecule has 0 radical (unpaired) electrons. The van der Waals surface area contributed by atoms with Gasteiger partial charge < -0.3 is 15.8 Å². The number of guanidine groups is 1. The van der Waals surface area contributed by atoms with E-state index in [9.17, 15) is 8.42 Å². The van der Waals surface area contributed by atoms with Gasteiger partial charge in [0.25, 0.3) is 0 Å². The van der Waals surface area contributed by atoms with Gasteiger partial charge in [0.1, 0.15) is 5.75 Å². The fourth-order valence-electron chi connectivity index (χ4n) is 3.19. The Balaban J connectivity index is 1.76. The molecule has 0 amide bonds. The lowest BCUT2D eigenvalue weighted by molar-refractivity contribution is 0.346. The summed E-state index contributed by atoms with van der Waals surface area (Å²) in [6.45, 7) is 1.31. The van der Waals surface area contributed by atoms with Gasteiger partial charge in [-0.05, 0) is 36.6 Å². The van der Waals surface area contributed by atoms with E-state index in [-0.39, 0.29) is 12.5 Å². The highest BCUT2D eigenvalue weighted by Crippen LogP contribution is 2.24. The molecule has 8 heteroatoms. The highest BCUT2D eigenvalue weighted by molar-refractivity contribution is 7.89. The van der Waals surface area contributed by atoms with Crippen LogP contribution in [0.15, 0.2) is 58.4 Å². The maximum atomic E-state index is 13.0. The van der Waals surface area contributed by atoms with Gasteiger partial charge in [0.05, 0.1) is 18.6 Å². The van der Waals surface area contributed by atoms with Crippen molar-refractivity contribution in [2.24, 2.45) is 10.7 Å². The number of nitrogens with one attached hydrogen (secondary N) is 1. The standard InChI is InChI=1S/C20H26N4O3S/c1-27-18-10-7-9-17(14-18)23-20(21)22-15-16-8-3-4-11-19(16)28(25,26)24-12-5-2-6-13-24/h3-4,7-11,14H,2,5-6,12-13,15H2,1H3,(H3,21,22,23). The van der Waals surface area contributed by atoms with E-state index in [4.69, 9.17) is 10.5 Å². The van der Waals surface area contributed by atoms with E-state index in [2.05, 4.69) is 10.3 Å². The minimum absolute atomic E-state index is 0.173. The van der Waals surface area contributed by atoms with Crippen LogP contribution in [0.1, 0.15) is 24.8 Å². The smallest absolute Gasteiger partial charge is 0.243 e. The Morgan fingerprint density at radius 2 is 1.89 bits per heavy atom. The number of nitrogens with zero attached hydrogens (tertiary/aromatic N) is 2. The molecule has 1 heterocycles. The summed E-state index contributed by atoms with van der Waals surface area (Å²) in [7, 11) is -1.93. The molecule has 0 saturated carbocycles. The second-order valence-corrected chi connectivity index (χ2v) is 8.54. The number of aliphatic imine (C=N–C) groups is 1. The molecular formula is C20H26N4O3S. The topological polar surface area (TPSA) is 97.0 Å². The van der Waals surface area contributed by atoms with Crippen LogP contribution in [0.5, 0.6) is 5.75 Å². The molecule has 0 bridgehead atoms. The van der Waals surface area contributed by atoms with E-state index in [1.165, 1.54) is 0 Å². The third kappa shape index (κ3) is 4.82. The first-order valence-electron chi connectivity index (χ1n) is 9.30. The maximum absolute atomic E-state index is 13.0. The maximum Gasteiger partial charge on any atom is 0.243 e. The Hall–Kier alpha value is -2.58. The predicted molar refractivity (Wildman–Crippen MR) is 111 cm³/mol. The van der Waals surface area contributed by atoms with Crippen LogP contribution in [-0.2, 0) is 16.6 Å². The first kappa shape index (κ1) is 20.2. The summed E-state index contributed by atoms with van der Waals surface area (Å²) in [6, 6.07) is 14.3. The van der Waals surface area contributed by atoms with Crippen LogP contribution in [0.4, 0.5) is 5.69 Å². The third-order valence-electron chi connectivity index (χ3n) is 4.67. The normalized spacial score (nSPS) is 16.0. The molecule has 0 unspecified atom stereocenters. The van der Waals surface area contributed by atoms with Gasteiger partial charge in [0.15, 0.2) is 5.96 Å². The molecule has 3 rings (SSSR count). The van der Waals surface area contributed by atoms with Gasteiger partial charge in [-0.2, -0.15) is 4.31 Å². The van der Waals surface area contributed by atoms with Crippen LogP contribution in [0, 0.1) is 0 Å². The Labute approximate surface area is 166 Å². The molecule has 1 aliphatic heterocycles. The summed E-state index contributed by atoms with van der Waals surface area (Å²) in [5, 5.41) is 3.00. The molecule has 150 valence electrons. The number of anilines is 1. The number of nitrogens with two attached hydrogens (primary N) is 1. The SMILES string of the molecule is COc1cccc(NC(N)=NCc2ccccc2S(=O)(=O)N2CCCCC2)c1. The highest BCUT2D eigenvalue weighted by Gasteiger charge is 2.27. The van der Waals surface area contributed by atoms with Crippen LogP contribution in [0.25, 0.3) is 0 Å². The molecule has 7 nitrogen and oxygen atoms in total. The van der Waals surface area contributed by atoms with Crippen LogP contribution >= 0.6 is 0 Å². The van der Waals surface area contributed by atoms with Crippen molar-refractivity contribution in [2.45, 2.75) is 30.7 Å². The molecule has 0 aromatic heterocycles. The van der Waals surface area contributed by atoms with Gasteiger partial charge in [0.2, 0.25) is 10.0 Å². The number of benzene rings is 2. The summed E-state index contributed by atoms with van der Waals surface area (Å²) in [5.74, 6) is 0.911. The largest absolute Gasteiger partial charge is 0.497 e. The number of ether oxygens (including phenoxy) is 1. The molecule has 28 heavy (non-hydrogen) atoms. The van der Waals surface area contributed by atoms with Gasteiger partial charge in [-0.1, -0.05) is 30.7 Å². The van der Waals surface area contributed by atoms with Crippen molar-refractivity contribution in [3.63, 3.8) is 0 Å². The van der Waals surface area contributed by atoms with Crippen molar-refractivity contribution in [1.82, 2.24) is 4.31 Å². The lowest BCUT2D eigenvalue weighted by Gasteiger charge is -2.26. The van der Waals surface area contributed by atoms with Gasteiger partial charge in [-0.25, -0.2) is 13.4 Å². The molecule has 1 aliphatic rings. The Morgan fingerprint density at radius 1 is 1.14 bits per heavy atom. The van der Waals surface area contributed by atoms with Crippen LogP contribution in [-0.4, -0.2) is 38.9 Å². The second kappa shape index (κ2) is 9.07. The minimum Gasteiger partial charge on any atom is -0.497 e. The lowest BCUT2D eigenvalue weighted by atomic mass is 10.2. The first-order chi connectivity index (χ1) is 13.5. The Kier molecular flexibility index (Phi) is 6.53. The first-order valence-corrected chi connectivity index (χ1v) is 10.7. The van der Waals surface area contributed by atoms with Gasteiger partial charge in [-0.15, -0.1) is 0 Å². The second-order valence-electron chi connectivity index (χ2n) is 6.63. The average Bonchev–Trinajstić information content (AvgIpc) is 2.73. The fourth-order valence-corrected chi connectivity index (χ4v) is 4.92. The van der Waals surface area contributed by atoms with Gasteiger partial charge in [0, 0.05) is 24.8 Å². The zero-order valence-corrected chi connectivity index (χ0v) is 16.8. The lowest BCUT2D eigenvalue weighted by Crippen LogP contribution is -2.36. The summed E-state index contributed by atoms with van der Waals surface area (Å²) in [6.07, 6.45) is 2.87. The monoisotopic (exact) mass is 402 g/mol. The van der Waals surface area contributed by atoms with Gasteiger partial charge in [-0.3, -0.25) is 0 Å². The Bertz CT molecular complexity index is 938. The number of rotatable bonds is 6. The zero-order chi connectivity index (χ0) is 20.0. The molecule has 0 aliphatic carbocycles. The van der Waals surface area contributed by atoms with Crippen molar-refractivity contribution in [3.05, 3.63) is 54.1 Å². The molecule has 0 atom stereocenters. The molecule has 1 fully saturated rings. The van der Waals surface area contributed by atoms with Crippen molar-refractivity contribution >= 4 is 21.7 Å². The Morgan fingerprint density at radius 3 is 2.64 bits per heavy atom. The van der Waals surface area contributed by atoms with Gasteiger partial charge >= 0.3 is 0 Å². The van der Waals surface area contributed by atoms with E-state index in [1.54, 1.807) is 35.7 Å². The summed E-state index contributed by atoms with van der Waals surface area (Å²) in [4.78, 5) is 4.62. The minimum atomic E-state index is -3.52. The average molecular weight is 403 g/mol. The van der Waals surface area contributed by atoms with Crippen LogP contribution < -0.4 is 15.8 Å². The number of hydrogen-bond acceptors (Lipinski definition) is 4. The highest BCUT2D eigenvalue weighted by atomic mass is 32.2. The van der Waals surface area contributed by atoms with E-state index in [0.29, 0.717) is 29.3 Å². The molecule has 0 spiro atoms.